The van der Waals surface area contributed by atoms with E-state index in [2.05, 4.69) is 29.2 Å². The van der Waals surface area contributed by atoms with E-state index in [1.807, 2.05) is 42.5 Å². The Morgan fingerprint density at radius 3 is 2.39 bits per heavy atom. The highest BCUT2D eigenvalue weighted by Gasteiger charge is 2.36. The first-order valence-corrected chi connectivity index (χ1v) is 9.84. The Labute approximate surface area is 166 Å². The summed E-state index contributed by atoms with van der Waals surface area (Å²) in [7, 11) is 1.64. The molecule has 28 heavy (non-hydrogen) atoms. The van der Waals surface area contributed by atoms with Crippen molar-refractivity contribution in [3.8, 4) is 5.75 Å². The summed E-state index contributed by atoms with van der Waals surface area (Å²) < 4.78 is 5.43. The van der Waals surface area contributed by atoms with E-state index < -0.39 is 11.7 Å². The van der Waals surface area contributed by atoms with Gasteiger partial charge in [-0.1, -0.05) is 54.6 Å². The number of piperidine rings is 1. The number of hydrogen-bond acceptors (Lipinski definition) is 4. The number of benzene rings is 3. The van der Waals surface area contributed by atoms with Gasteiger partial charge in [-0.2, -0.15) is 0 Å². The molecule has 0 aliphatic carbocycles. The Bertz CT molecular complexity index is 947. The quantitative estimate of drug-likeness (QED) is 0.709. The number of aliphatic hydroxyl groups is 2. The van der Waals surface area contributed by atoms with Crippen molar-refractivity contribution in [1.29, 1.82) is 0 Å². The van der Waals surface area contributed by atoms with Gasteiger partial charge in [0.15, 0.2) is 0 Å². The molecule has 0 bridgehead atoms. The van der Waals surface area contributed by atoms with Crippen LogP contribution in [0.2, 0.25) is 0 Å². The zero-order valence-corrected chi connectivity index (χ0v) is 16.2. The van der Waals surface area contributed by atoms with Gasteiger partial charge in [0.25, 0.3) is 0 Å². The van der Waals surface area contributed by atoms with Gasteiger partial charge in [-0.05, 0) is 41.3 Å². The van der Waals surface area contributed by atoms with Crippen LogP contribution in [0.3, 0.4) is 0 Å². The first-order chi connectivity index (χ1) is 13.6. The van der Waals surface area contributed by atoms with E-state index in [-0.39, 0.29) is 0 Å². The molecule has 2 N–H and O–H groups in total. The Kier molecular flexibility index (Phi) is 5.36. The number of methoxy groups -OCH3 is 1. The molecule has 4 heteroatoms. The third-order valence-electron chi connectivity index (χ3n) is 5.88. The van der Waals surface area contributed by atoms with Crippen molar-refractivity contribution in [3.63, 3.8) is 0 Å². The maximum Gasteiger partial charge on any atom is 0.124 e. The van der Waals surface area contributed by atoms with Gasteiger partial charge in [-0.25, -0.2) is 0 Å². The Balaban J connectivity index is 1.42. The standard InChI is InChI=1S/C24H27NO3/c1-28-23-9-5-4-8-21(23)24(27)12-14-25(15-13-24)17-22(26)20-11-10-18-6-2-3-7-19(18)16-20/h2-11,16,22,26-27H,12-15,17H2,1H3/t22-/m1/s1. The van der Waals surface area contributed by atoms with Crippen molar-refractivity contribution < 1.29 is 14.9 Å². The fourth-order valence-corrected chi connectivity index (χ4v) is 4.17. The molecule has 0 aromatic heterocycles. The van der Waals surface area contributed by atoms with Crippen LogP contribution < -0.4 is 4.74 Å². The van der Waals surface area contributed by atoms with Crippen LogP contribution in [-0.4, -0.2) is 41.9 Å². The number of β-amino-alcohol motifs (C(OH)–C–C–N with tert-alkyl or cyclic N) is 1. The van der Waals surface area contributed by atoms with Crippen LogP contribution in [0.15, 0.2) is 66.7 Å². The summed E-state index contributed by atoms with van der Waals surface area (Å²) in [6, 6.07) is 22.0. The van der Waals surface area contributed by atoms with Gasteiger partial charge in [0, 0.05) is 25.2 Å². The highest BCUT2D eigenvalue weighted by atomic mass is 16.5. The van der Waals surface area contributed by atoms with E-state index in [1.54, 1.807) is 7.11 Å². The van der Waals surface area contributed by atoms with Gasteiger partial charge in [0.2, 0.25) is 0 Å². The summed E-state index contributed by atoms with van der Waals surface area (Å²) >= 11 is 0. The molecule has 1 fully saturated rings. The van der Waals surface area contributed by atoms with Crippen molar-refractivity contribution in [2.45, 2.75) is 24.5 Å². The molecule has 0 unspecified atom stereocenters. The van der Waals surface area contributed by atoms with Gasteiger partial charge in [0.1, 0.15) is 5.75 Å². The molecule has 1 heterocycles. The second-order valence-electron chi connectivity index (χ2n) is 7.65. The fourth-order valence-electron chi connectivity index (χ4n) is 4.17. The smallest absolute Gasteiger partial charge is 0.124 e. The number of para-hydroxylation sites is 1. The molecule has 3 aromatic carbocycles. The molecule has 1 aliphatic heterocycles. The number of ether oxygens (including phenoxy) is 1. The van der Waals surface area contributed by atoms with Gasteiger partial charge < -0.3 is 19.8 Å². The van der Waals surface area contributed by atoms with Crippen molar-refractivity contribution >= 4 is 10.8 Å². The third-order valence-corrected chi connectivity index (χ3v) is 5.88. The SMILES string of the molecule is COc1ccccc1C1(O)CCN(C[C@@H](O)c2ccc3ccccc3c2)CC1. The van der Waals surface area contributed by atoms with Crippen molar-refractivity contribution in [2.24, 2.45) is 0 Å². The van der Waals surface area contributed by atoms with E-state index in [4.69, 9.17) is 4.74 Å². The lowest BCUT2D eigenvalue weighted by Gasteiger charge is -2.39. The molecule has 3 aromatic rings. The van der Waals surface area contributed by atoms with Crippen LogP contribution in [0.4, 0.5) is 0 Å². The van der Waals surface area contributed by atoms with Crippen LogP contribution in [-0.2, 0) is 5.60 Å². The van der Waals surface area contributed by atoms with Crippen LogP contribution >= 0.6 is 0 Å². The van der Waals surface area contributed by atoms with Crippen molar-refractivity contribution in [2.75, 3.05) is 26.7 Å². The van der Waals surface area contributed by atoms with Crippen LogP contribution in [0.25, 0.3) is 10.8 Å². The molecule has 0 amide bonds. The normalized spacial score (nSPS) is 18.1. The van der Waals surface area contributed by atoms with Crippen LogP contribution in [0, 0.1) is 0 Å². The van der Waals surface area contributed by atoms with Gasteiger partial charge in [-0.15, -0.1) is 0 Å². The topological polar surface area (TPSA) is 52.9 Å². The molecule has 146 valence electrons. The first-order valence-electron chi connectivity index (χ1n) is 9.84. The largest absolute Gasteiger partial charge is 0.496 e. The molecule has 4 rings (SSSR count). The second kappa shape index (κ2) is 7.92. The lowest BCUT2D eigenvalue weighted by molar-refractivity contribution is -0.0358. The van der Waals surface area contributed by atoms with Crippen LogP contribution in [0.5, 0.6) is 5.75 Å². The molecule has 1 atom stereocenters. The van der Waals surface area contributed by atoms with Crippen molar-refractivity contribution in [3.05, 3.63) is 77.9 Å². The summed E-state index contributed by atoms with van der Waals surface area (Å²) in [6.07, 6.45) is 0.706. The summed E-state index contributed by atoms with van der Waals surface area (Å²) in [5.74, 6) is 0.731. The molecule has 0 saturated carbocycles. The molecule has 0 radical (unpaired) electrons. The van der Waals surface area contributed by atoms with E-state index in [9.17, 15) is 10.2 Å². The average molecular weight is 377 g/mol. The number of hydrogen-bond donors (Lipinski definition) is 2. The molecular formula is C24H27NO3. The van der Waals surface area contributed by atoms with E-state index in [0.29, 0.717) is 19.4 Å². The highest BCUT2D eigenvalue weighted by molar-refractivity contribution is 5.83. The van der Waals surface area contributed by atoms with E-state index in [0.717, 1.165) is 35.4 Å². The number of aliphatic hydroxyl groups excluding tert-OH is 1. The summed E-state index contributed by atoms with van der Waals surface area (Å²) in [4.78, 5) is 2.23. The van der Waals surface area contributed by atoms with E-state index in [1.165, 1.54) is 5.39 Å². The minimum atomic E-state index is -0.878. The van der Waals surface area contributed by atoms with Crippen LogP contribution in [0.1, 0.15) is 30.1 Å². The lowest BCUT2D eigenvalue weighted by Crippen LogP contribution is -2.44. The minimum Gasteiger partial charge on any atom is -0.496 e. The Morgan fingerprint density at radius 2 is 1.64 bits per heavy atom. The predicted octanol–water partition coefficient (Wildman–Crippen LogP) is 3.87. The van der Waals surface area contributed by atoms with Gasteiger partial charge in [-0.3, -0.25) is 0 Å². The summed E-state index contributed by atoms with van der Waals surface area (Å²) in [5.41, 5.74) is 0.910. The number of nitrogens with zero attached hydrogens (tertiary/aromatic N) is 1. The summed E-state index contributed by atoms with van der Waals surface area (Å²) in [5, 5.41) is 24.2. The number of rotatable bonds is 5. The lowest BCUT2D eigenvalue weighted by atomic mass is 9.83. The second-order valence-corrected chi connectivity index (χ2v) is 7.65. The van der Waals surface area contributed by atoms with Crippen molar-refractivity contribution in [1.82, 2.24) is 4.90 Å². The van der Waals surface area contributed by atoms with Gasteiger partial charge in [0.05, 0.1) is 18.8 Å². The zero-order chi connectivity index (χ0) is 19.6. The first kappa shape index (κ1) is 18.9. The molecule has 1 aliphatic rings. The molecule has 0 spiro atoms. The predicted molar refractivity (Wildman–Crippen MR) is 111 cm³/mol. The maximum atomic E-state index is 11.2. The van der Waals surface area contributed by atoms with Gasteiger partial charge >= 0.3 is 0 Å². The zero-order valence-electron chi connectivity index (χ0n) is 16.2. The highest BCUT2D eigenvalue weighted by Crippen LogP contribution is 2.38. The minimum absolute atomic E-state index is 0.540. The number of fused-ring (bicyclic) bond motifs is 1. The average Bonchev–Trinajstić information content (AvgIpc) is 2.75. The Hall–Kier alpha value is -2.40. The fraction of sp³-hybridized carbons (Fsp3) is 0.333. The maximum absolute atomic E-state index is 11.2. The Morgan fingerprint density at radius 1 is 0.964 bits per heavy atom. The monoisotopic (exact) mass is 377 g/mol. The molecule has 1 saturated heterocycles. The molecule has 4 nitrogen and oxygen atoms in total. The summed E-state index contributed by atoms with van der Waals surface area (Å²) in [6.45, 7) is 2.04. The number of likely N-dealkylation sites (tertiary alicyclic amines) is 1. The third kappa shape index (κ3) is 3.76. The molecular weight excluding hydrogens is 350 g/mol. The van der Waals surface area contributed by atoms with E-state index >= 15 is 0 Å².